The lowest BCUT2D eigenvalue weighted by Gasteiger charge is -2.32. The third-order valence-electron chi connectivity index (χ3n) is 3.84. The molecule has 1 aliphatic heterocycles. The molecule has 1 heterocycles. The molecule has 1 aromatic rings. The Morgan fingerprint density at radius 1 is 1.18 bits per heavy atom. The lowest BCUT2D eigenvalue weighted by atomic mass is 10.00. The van der Waals surface area contributed by atoms with Crippen LogP contribution < -0.4 is 5.32 Å². The molecule has 0 saturated carbocycles. The topological polar surface area (TPSA) is 83.6 Å². The standard InChI is InChI=1S/C14H22N2O4S2/c1-15-10-12-6-5-9-16(11-12)22(19,20)14-8-4-3-7-13(14)21(2,17)18/h3-4,7-8,12,15H,5-6,9-11H2,1-2H3. The zero-order valence-corrected chi connectivity index (χ0v) is 14.5. The number of rotatable bonds is 5. The molecule has 1 fully saturated rings. The second-order valence-corrected chi connectivity index (χ2v) is 9.54. The van der Waals surface area contributed by atoms with Crippen molar-refractivity contribution in [3.05, 3.63) is 24.3 Å². The molecular formula is C14H22N2O4S2. The van der Waals surface area contributed by atoms with Gasteiger partial charge in [-0.3, -0.25) is 0 Å². The van der Waals surface area contributed by atoms with Gasteiger partial charge in [-0.2, -0.15) is 4.31 Å². The summed E-state index contributed by atoms with van der Waals surface area (Å²) in [6.45, 7) is 1.60. The maximum absolute atomic E-state index is 12.8. The fourth-order valence-corrected chi connectivity index (χ4v) is 5.97. The molecule has 124 valence electrons. The number of sulfonamides is 1. The SMILES string of the molecule is CNCC1CCCN(S(=O)(=O)c2ccccc2S(C)(=O)=O)C1. The van der Waals surface area contributed by atoms with Crippen LogP contribution in [0, 0.1) is 5.92 Å². The predicted octanol–water partition coefficient (Wildman–Crippen LogP) is 0.710. The van der Waals surface area contributed by atoms with Gasteiger partial charge in [0.25, 0.3) is 0 Å². The van der Waals surface area contributed by atoms with Crippen molar-refractivity contribution in [2.75, 3.05) is 32.9 Å². The molecule has 0 spiro atoms. The van der Waals surface area contributed by atoms with Crippen LogP contribution in [-0.2, 0) is 19.9 Å². The summed E-state index contributed by atoms with van der Waals surface area (Å²) in [4.78, 5) is -0.256. The summed E-state index contributed by atoms with van der Waals surface area (Å²) < 4.78 is 50.8. The number of benzene rings is 1. The van der Waals surface area contributed by atoms with Crippen LogP contribution in [0.1, 0.15) is 12.8 Å². The highest BCUT2D eigenvalue weighted by atomic mass is 32.2. The monoisotopic (exact) mass is 346 g/mol. The van der Waals surface area contributed by atoms with Gasteiger partial charge in [0, 0.05) is 19.3 Å². The van der Waals surface area contributed by atoms with E-state index >= 15 is 0 Å². The van der Waals surface area contributed by atoms with Gasteiger partial charge >= 0.3 is 0 Å². The van der Waals surface area contributed by atoms with Gasteiger partial charge in [0.2, 0.25) is 10.0 Å². The van der Waals surface area contributed by atoms with Gasteiger partial charge in [-0.1, -0.05) is 12.1 Å². The van der Waals surface area contributed by atoms with Gasteiger partial charge in [0.15, 0.2) is 9.84 Å². The second kappa shape index (κ2) is 6.66. The van der Waals surface area contributed by atoms with Crippen LogP contribution in [0.5, 0.6) is 0 Å². The first-order valence-electron chi connectivity index (χ1n) is 7.20. The maximum atomic E-state index is 12.8. The number of nitrogens with one attached hydrogen (secondary N) is 1. The normalized spacial score (nSPS) is 20.9. The first kappa shape index (κ1) is 17.4. The Bertz CT molecular complexity index is 727. The fraction of sp³-hybridized carbons (Fsp3) is 0.571. The zero-order chi connectivity index (χ0) is 16.4. The van der Waals surface area contributed by atoms with Crippen LogP contribution >= 0.6 is 0 Å². The first-order valence-corrected chi connectivity index (χ1v) is 10.5. The quantitative estimate of drug-likeness (QED) is 0.849. The number of sulfone groups is 1. The lowest BCUT2D eigenvalue weighted by molar-refractivity contribution is 0.263. The number of hydrogen-bond donors (Lipinski definition) is 1. The minimum atomic E-state index is -3.80. The van der Waals surface area contributed by atoms with Crippen molar-refractivity contribution in [3.8, 4) is 0 Å². The maximum Gasteiger partial charge on any atom is 0.244 e. The molecule has 0 aliphatic carbocycles. The lowest BCUT2D eigenvalue weighted by Crippen LogP contribution is -2.42. The van der Waals surface area contributed by atoms with Crippen molar-refractivity contribution < 1.29 is 16.8 Å². The smallest absolute Gasteiger partial charge is 0.244 e. The molecule has 8 heteroatoms. The van der Waals surface area contributed by atoms with Crippen molar-refractivity contribution in [2.45, 2.75) is 22.6 Å². The Morgan fingerprint density at radius 2 is 1.82 bits per heavy atom. The van der Waals surface area contributed by atoms with E-state index in [0.29, 0.717) is 13.1 Å². The summed E-state index contributed by atoms with van der Waals surface area (Å²) in [6, 6.07) is 5.80. The molecule has 1 atom stereocenters. The van der Waals surface area contributed by atoms with E-state index in [1.165, 1.54) is 22.5 Å². The van der Waals surface area contributed by atoms with E-state index in [1.54, 1.807) is 6.07 Å². The van der Waals surface area contributed by atoms with Gasteiger partial charge < -0.3 is 5.32 Å². The van der Waals surface area contributed by atoms with Crippen molar-refractivity contribution >= 4 is 19.9 Å². The second-order valence-electron chi connectivity index (χ2n) is 5.65. The average molecular weight is 346 g/mol. The molecule has 1 N–H and O–H groups in total. The highest BCUT2D eigenvalue weighted by Crippen LogP contribution is 2.27. The predicted molar refractivity (Wildman–Crippen MR) is 85.0 cm³/mol. The Kier molecular flexibility index (Phi) is 5.26. The third-order valence-corrected chi connectivity index (χ3v) is 7.05. The summed E-state index contributed by atoms with van der Waals surface area (Å²) in [5.74, 6) is 0.249. The minimum absolute atomic E-state index is 0.123. The summed E-state index contributed by atoms with van der Waals surface area (Å²) in [6.07, 6.45) is 2.79. The largest absolute Gasteiger partial charge is 0.319 e. The molecule has 22 heavy (non-hydrogen) atoms. The molecule has 0 amide bonds. The molecule has 1 unspecified atom stereocenters. The molecule has 1 aliphatic rings. The molecule has 0 bridgehead atoms. The Balaban J connectivity index is 2.39. The molecule has 1 aromatic carbocycles. The van der Waals surface area contributed by atoms with Crippen LogP contribution in [0.25, 0.3) is 0 Å². The van der Waals surface area contributed by atoms with Crippen LogP contribution in [0.3, 0.4) is 0 Å². The summed E-state index contributed by atoms with van der Waals surface area (Å²) in [5.41, 5.74) is 0. The number of nitrogens with zero attached hydrogens (tertiary/aromatic N) is 1. The average Bonchev–Trinajstić information content (AvgIpc) is 2.47. The fourth-order valence-electron chi connectivity index (χ4n) is 2.81. The van der Waals surface area contributed by atoms with Gasteiger partial charge in [-0.05, 0) is 44.5 Å². The minimum Gasteiger partial charge on any atom is -0.319 e. The molecule has 6 nitrogen and oxygen atoms in total. The van der Waals surface area contributed by atoms with Gasteiger partial charge in [-0.15, -0.1) is 0 Å². The van der Waals surface area contributed by atoms with Crippen molar-refractivity contribution in [1.82, 2.24) is 9.62 Å². The summed E-state index contributed by atoms with van der Waals surface area (Å²) >= 11 is 0. The van der Waals surface area contributed by atoms with E-state index in [2.05, 4.69) is 5.32 Å². The first-order chi connectivity index (χ1) is 10.3. The molecule has 0 aromatic heterocycles. The molecule has 2 rings (SSSR count). The van der Waals surface area contributed by atoms with Gasteiger partial charge in [0.1, 0.15) is 4.90 Å². The van der Waals surface area contributed by atoms with Crippen LogP contribution in [0.4, 0.5) is 0 Å². The van der Waals surface area contributed by atoms with E-state index in [-0.39, 0.29) is 15.7 Å². The summed E-state index contributed by atoms with van der Waals surface area (Å²) in [7, 11) is -5.56. The van der Waals surface area contributed by atoms with Crippen LogP contribution in [0.2, 0.25) is 0 Å². The number of hydrogen-bond acceptors (Lipinski definition) is 5. The molecular weight excluding hydrogens is 324 g/mol. The van der Waals surface area contributed by atoms with Gasteiger partial charge in [0.05, 0.1) is 4.90 Å². The van der Waals surface area contributed by atoms with Crippen molar-refractivity contribution in [1.29, 1.82) is 0 Å². The number of piperidine rings is 1. The highest BCUT2D eigenvalue weighted by Gasteiger charge is 2.33. The molecule has 0 radical (unpaired) electrons. The van der Waals surface area contributed by atoms with Crippen molar-refractivity contribution in [2.24, 2.45) is 5.92 Å². The van der Waals surface area contributed by atoms with Crippen LogP contribution in [0.15, 0.2) is 34.1 Å². The Labute approximate surface area is 132 Å². The zero-order valence-electron chi connectivity index (χ0n) is 12.8. The van der Waals surface area contributed by atoms with Crippen LogP contribution in [-0.4, -0.2) is 54.1 Å². The van der Waals surface area contributed by atoms with E-state index < -0.39 is 19.9 Å². The highest BCUT2D eigenvalue weighted by molar-refractivity contribution is 7.93. The van der Waals surface area contributed by atoms with E-state index in [0.717, 1.165) is 25.6 Å². The summed E-state index contributed by atoms with van der Waals surface area (Å²) in [5, 5.41) is 3.07. The van der Waals surface area contributed by atoms with Crippen molar-refractivity contribution in [3.63, 3.8) is 0 Å². The van der Waals surface area contributed by atoms with E-state index in [9.17, 15) is 16.8 Å². The van der Waals surface area contributed by atoms with E-state index in [4.69, 9.17) is 0 Å². The molecule has 1 saturated heterocycles. The third kappa shape index (κ3) is 3.68. The Hall–Kier alpha value is -0.960. The van der Waals surface area contributed by atoms with Gasteiger partial charge in [-0.25, -0.2) is 16.8 Å². The van der Waals surface area contributed by atoms with E-state index in [1.807, 2.05) is 7.05 Å². The Morgan fingerprint density at radius 3 is 2.41 bits per heavy atom.